The number of anilines is 1. The maximum absolute atomic E-state index is 13.6. The van der Waals surface area contributed by atoms with Crippen molar-refractivity contribution < 1.29 is 23.5 Å². The van der Waals surface area contributed by atoms with Crippen LogP contribution in [0.3, 0.4) is 0 Å². The number of halogens is 3. The first-order valence-electron chi connectivity index (χ1n) is 5.97. The topological polar surface area (TPSA) is 78.4 Å². The van der Waals surface area contributed by atoms with Crippen molar-refractivity contribution in [3.05, 3.63) is 28.2 Å². The summed E-state index contributed by atoms with van der Waals surface area (Å²) in [5, 5.41) is 13.2. The molecule has 0 spiro atoms. The number of benzene rings is 1. The molecule has 2 amide bonds. The lowest BCUT2D eigenvalue weighted by Crippen LogP contribution is -2.50. The Bertz CT molecular complexity index is 550. The number of nitrogens with one attached hydrogen (secondary N) is 2. The number of hydrogen-bond acceptors (Lipinski definition) is 2. The van der Waals surface area contributed by atoms with E-state index in [1.165, 1.54) is 0 Å². The molecular weight excluding hydrogens is 350 g/mol. The van der Waals surface area contributed by atoms with Gasteiger partial charge in [0.25, 0.3) is 0 Å². The van der Waals surface area contributed by atoms with Gasteiger partial charge in [0, 0.05) is 4.47 Å². The Kier molecular flexibility index (Phi) is 5.27. The third-order valence-corrected chi connectivity index (χ3v) is 3.09. The van der Waals surface area contributed by atoms with Crippen LogP contribution in [0.5, 0.6) is 0 Å². The van der Waals surface area contributed by atoms with Crippen molar-refractivity contribution >= 4 is 33.6 Å². The molecule has 0 bridgehead atoms. The predicted molar refractivity (Wildman–Crippen MR) is 77.1 cm³/mol. The second-order valence-electron chi connectivity index (χ2n) is 5.48. The van der Waals surface area contributed by atoms with Gasteiger partial charge in [0.2, 0.25) is 0 Å². The van der Waals surface area contributed by atoms with Gasteiger partial charge >= 0.3 is 12.0 Å². The molecule has 8 heteroatoms. The minimum atomic E-state index is -1.24. The summed E-state index contributed by atoms with van der Waals surface area (Å²) in [5.74, 6) is -3.19. The number of hydrogen-bond donors (Lipinski definition) is 3. The van der Waals surface area contributed by atoms with Crippen molar-refractivity contribution in [3.63, 3.8) is 0 Å². The second kappa shape index (κ2) is 6.38. The number of carboxylic acid groups (broad SMARTS) is 1. The lowest BCUT2D eigenvalue weighted by Gasteiger charge is -2.27. The molecule has 1 rings (SSSR count). The van der Waals surface area contributed by atoms with Crippen LogP contribution in [0.1, 0.15) is 20.8 Å². The van der Waals surface area contributed by atoms with Crippen molar-refractivity contribution in [3.8, 4) is 0 Å². The maximum Gasteiger partial charge on any atom is 0.326 e. The molecular formula is C13H15BrF2N2O3. The Labute approximate surface area is 128 Å². The predicted octanol–water partition coefficient (Wildman–Crippen LogP) is 3.35. The molecule has 0 aliphatic heterocycles. The van der Waals surface area contributed by atoms with E-state index in [9.17, 15) is 18.4 Å². The number of carbonyl (C=O) groups is 2. The van der Waals surface area contributed by atoms with Gasteiger partial charge in [-0.05, 0) is 17.5 Å². The largest absolute Gasteiger partial charge is 0.480 e. The van der Waals surface area contributed by atoms with E-state index in [1.54, 1.807) is 20.8 Å². The van der Waals surface area contributed by atoms with Crippen LogP contribution in [0.25, 0.3) is 0 Å². The SMILES string of the molecule is CC(C)(C)[C@H](NC(=O)Nc1c(F)cc(Br)cc1F)C(=O)O. The van der Waals surface area contributed by atoms with Crippen LogP contribution in [0.4, 0.5) is 19.3 Å². The van der Waals surface area contributed by atoms with Crippen LogP contribution in [0.2, 0.25) is 0 Å². The molecule has 1 atom stereocenters. The summed E-state index contributed by atoms with van der Waals surface area (Å²) in [6.45, 7) is 4.85. The maximum atomic E-state index is 13.6. The summed E-state index contributed by atoms with van der Waals surface area (Å²) in [6, 6.07) is -0.245. The van der Waals surface area contributed by atoms with Crippen molar-refractivity contribution in [1.29, 1.82) is 0 Å². The fourth-order valence-corrected chi connectivity index (χ4v) is 1.99. The lowest BCUT2D eigenvalue weighted by molar-refractivity contribution is -0.141. The molecule has 0 aliphatic carbocycles. The van der Waals surface area contributed by atoms with Crippen LogP contribution in [0.15, 0.2) is 16.6 Å². The van der Waals surface area contributed by atoms with Crippen molar-refractivity contribution in [2.75, 3.05) is 5.32 Å². The third-order valence-electron chi connectivity index (χ3n) is 2.63. The molecule has 21 heavy (non-hydrogen) atoms. The van der Waals surface area contributed by atoms with E-state index in [0.29, 0.717) is 0 Å². The summed E-state index contributed by atoms with van der Waals surface area (Å²) in [7, 11) is 0. The van der Waals surface area contributed by atoms with Crippen molar-refractivity contribution in [2.45, 2.75) is 26.8 Å². The van der Waals surface area contributed by atoms with Crippen LogP contribution in [0, 0.1) is 17.0 Å². The van der Waals surface area contributed by atoms with E-state index in [1.807, 2.05) is 5.32 Å². The molecule has 1 aromatic rings. The normalized spacial score (nSPS) is 12.7. The van der Waals surface area contributed by atoms with Crippen LogP contribution in [-0.4, -0.2) is 23.1 Å². The highest BCUT2D eigenvalue weighted by atomic mass is 79.9. The van der Waals surface area contributed by atoms with E-state index >= 15 is 0 Å². The Morgan fingerprint density at radius 1 is 1.24 bits per heavy atom. The quantitative estimate of drug-likeness (QED) is 0.769. The van der Waals surface area contributed by atoms with Gasteiger partial charge in [0.05, 0.1) is 0 Å². The third kappa shape index (κ3) is 4.66. The van der Waals surface area contributed by atoms with Crippen molar-refractivity contribution in [2.24, 2.45) is 5.41 Å². The summed E-state index contributed by atoms with van der Waals surface area (Å²) >= 11 is 2.91. The van der Waals surface area contributed by atoms with Gasteiger partial charge in [0.15, 0.2) is 11.6 Å². The fourth-order valence-electron chi connectivity index (χ4n) is 1.59. The van der Waals surface area contributed by atoms with E-state index in [-0.39, 0.29) is 4.47 Å². The molecule has 0 fully saturated rings. The van der Waals surface area contributed by atoms with E-state index < -0.39 is 40.8 Å². The van der Waals surface area contributed by atoms with Gasteiger partial charge < -0.3 is 15.7 Å². The molecule has 0 saturated carbocycles. The monoisotopic (exact) mass is 364 g/mol. The Morgan fingerprint density at radius 3 is 2.10 bits per heavy atom. The summed E-state index contributed by atoms with van der Waals surface area (Å²) < 4.78 is 27.3. The van der Waals surface area contributed by atoms with E-state index in [0.717, 1.165) is 12.1 Å². The zero-order chi connectivity index (χ0) is 16.4. The first-order chi connectivity index (χ1) is 9.52. The van der Waals surface area contributed by atoms with Gasteiger partial charge in [-0.15, -0.1) is 0 Å². The highest BCUT2D eigenvalue weighted by molar-refractivity contribution is 9.10. The van der Waals surface area contributed by atoms with Gasteiger partial charge in [0.1, 0.15) is 11.7 Å². The van der Waals surface area contributed by atoms with Gasteiger partial charge in [-0.25, -0.2) is 18.4 Å². The highest BCUT2D eigenvalue weighted by Crippen LogP contribution is 2.24. The first-order valence-corrected chi connectivity index (χ1v) is 6.76. The summed E-state index contributed by atoms with van der Waals surface area (Å²) in [6.07, 6.45) is 0. The van der Waals surface area contributed by atoms with E-state index in [4.69, 9.17) is 5.11 Å². The number of carboxylic acids is 1. The second-order valence-corrected chi connectivity index (χ2v) is 6.40. The lowest BCUT2D eigenvalue weighted by atomic mass is 9.87. The van der Waals surface area contributed by atoms with E-state index in [2.05, 4.69) is 21.2 Å². The molecule has 0 aromatic heterocycles. The first kappa shape index (κ1) is 17.4. The average molecular weight is 365 g/mol. The van der Waals surface area contributed by atoms with Gasteiger partial charge in [-0.3, -0.25) is 0 Å². The summed E-state index contributed by atoms with van der Waals surface area (Å²) in [4.78, 5) is 22.8. The van der Waals surface area contributed by atoms with Crippen LogP contribution in [-0.2, 0) is 4.79 Å². The van der Waals surface area contributed by atoms with Crippen LogP contribution < -0.4 is 10.6 Å². The fraction of sp³-hybridized carbons (Fsp3) is 0.385. The molecule has 0 aliphatic rings. The highest BCUT2D eigenvalue weighted by Gasteiger charge is 2.32. The minimum Gasteiger partial charge on any atom is -0.480 e. The molecule has 0 heterocycles. The smallest absolute Gasteiger partial charge is 0.326 e. The molecule has 3 N–H and O–H groups in total. The standard InChI is InChI=1S/C13H15BrF2N2O3/c1-13(2,3)10(11(19)20)18-12(21)17-9-7(15)4-6(14)5-8(9)16/h4-5,10H,1-3H3,(H,19,20)(H2,17,18,21)/t10-/m1/s1. The number of urea groups is 1. The van der Waals surface area contributed by atoms with Crippen LogP contribution >= 0.6 is 15.9 Å². The number of carbonyl (C=O) groups excluding carboxylic acids is 1. The van der Waals surface area contributed by atoms with Gasteiger partial charge in [-0.2, -0.15) is 0 Å². The molecule has 0 unspecified atom stereocenters. The Morgan fingerprint density at radius 2 is 1.71 bits per heavy atom. The number of amides is 2. The molecule has 0 saturated heterocycles. The number of aliphatic carboxylic acids is 1. The Hall–Kier alpha value is -1.70. The minimum absolute atomic E-state index is 0.182. The average Bonchev–Trinajstić information content (AvgIpc) is 2.28. The Balaban J connectivity index is 2.90. The summed E-state index contributed by atoms with van der Waals surface area (Å²) in [5.41, 5.74) is -1.41. The molecule has 0 radical (unpaired) electrons. The molecule has 5 nitrogen and oxygen atoms in total. The van der Waals surface area contributed by atoms with Crippen molar-refractivity contribution in [1.82, 2.24) is 5.32 Å². The zero-order valence-corrected chi connectivity index (χ0v) is 13.2. The molecule has 1 aromatic carbocycles. The zero-order valence-electron chi connectivity index (χ0n) is 11.6. The number of rotatable bonds is 3. The van der Waals surface area contributed by atoms with Gasteiger partial charge in [-0.1, -0.05) is 36.7 Å². The molecule has 116 valence electrons.